The van der Waals surface area contributed by atoms with Crippen LogP contribution in [0.3, 0.4) is 0 Å². The summed E-state index contributed by atoms with van der Waals surface area (Å²) >= 11 is 0. The Balaban J connectivity index is 1.46. The first-order valence-corrected chi connectivity index (χ1v) is 12.1. The number of benzene rings is 1. The number of aliphatic hydroxyl groups is 2. The van der Waals surface area contributed by atoms with Gasteiger partial charge in [0, 0.05) is 39.4 Å². The summed E-state index contributed by atoms with van der Waals surface area (Å²) < 4.78 is 12.7. The van der Waals surface area contributed by atoms with Crippen LogP contribution in [0.15, 0.2) is 35.9 Å². The fourth-order valence-corrected chi connectivity index (χ4v) is 8.43. The van der Waals surface area contributed by atoms with Crippen molar-refractivity contribution in [1.29, 1.82) is 0 Å². The van der Waals surface area contributed by atoms with Crippen LogP contribution >= 0.6 is 0 Å². The topological polar surface area (TPSA) is 91.8 Å². The van der Waals surface area contributed by atoms with Crippen molar-refractivity contribution in [2.24, 2.45) is 11.3 Å². The molecule has 3 heterocycles. The molecule has 3 fully saturated rings. The van der Waals surface area contributed by atoms with Gasteiger partial charge in [0.25, 0.3) is 0 Å². The van der Waals surface area contributed by atoms with Crippen molar-refractivity contribution in [2.75, 3.05) is 0 Å². The molecule has 33 heavy (non-hydrogen) atoms. The summed E-state index contributed by atoms with van der Waals surface area (Å²) in [4.78, 5) is 16.8. The van der Waals surface area contributed by atoms with E-state index in [0.717, 1.165) is 17.6 Å². The summed E-state index contributed by atoms with van der Waals surface area (Å²) in [6, 6.07) is 8.34. The van der Waals surface area contributed by atoms with E-state index in [0.29, 0.717) is 24.8 Å². The summed E-state index contributed by atoms with van der Waals surface area (Å²) in [5.41, 5.74) is 0.397. The maximum atomic E-state index is 13.1. The van der Waals surface area contributed by atoms with Gasteiger partial charge in [-0.15, -0.1) is 0 Å². The standard InChI is InChI=1S/C27H31NO5/c1-23(2)22-18(29)13-19-26(32-22,33-23)10-9-24(3)25(4)14(12-20(30)27(19,24)31)11-16-15-7-5-6-8-17(15)28-21(16)25/h5-8,13-14,20,22,28,30-31H,9-12H2,1-4H3/t14-,20+,22?,24-,25-,26+,27+/m1/s1. The second-order valence-corrected chi connectivity index (χ2v) is 11.9. The van der Waals surface area contributed by atoms with E-state index >= 15 is 0 Å². The highest BCUT2D eigenvalue weighted by molar-refractivity contribution is 5.97. The molecule has 3 N–H and O–H groups in total. The molecule has 174 valence electrons. The van der Waals surface area contributed by atoms with Gasteiger partial charge in [0.05, 0.1) is 6.10 Å². The Bertz CT molecular complexity index is 1280. The number of hydrogen-bond acceptors (Lipinski definition) is 5. The minimum atomic E-state index is -1.64. The number of H-pyrrole nitrogens is 1. The molecule has 1 unspecified atom stereocenters. The molecule has 7 rings (SSSR count). The minimum Gasteiger partial charge on any atom is -0.390 e. The fourth-order valence-electron chi connectivity index (χ4n) is 8.43. The van der Waals surface area contributed by atoms with Gasteiger partial charge in [-0.05, 0) is 56.7 Å². The predicted molar refractivity (Wildman–Crippen MR) is 122 cm³/mol. The molecule has 7 atom stereocenters. The second-order valence-electron chi connectivity index (χ2n) is 11.9. The third kappa shape index (κ3) is 1.98. The highest BCUT2D eigenvalue weighted by Gasteiger charge is 2.77. The first kappa shape index (κ1) is 20.4. The van der Waals surface area contributed by atoms with Crippen molar-refractivity contribution in [1.82, 2.24) is 4.98 Å². The molecule has 1 saturated heterocycles. The van der Waals surface area contributed by atoms with E-state index in [-0.39, 0.29) is 11.7 Å². The maximum absolute atomic E-state index is 13.1. The number of aromatic nitrogens is 1. The molecule has 3 aliphatic carbocycles. The van der Waals surface area contributed by atoms with Crippen molar-refractivity contribution in [3.8, 4) is 0 Å². The van der Waals surface area contributed by atoms with Gasteiger partial charge in [0.15, 0.2) is 17.7 Å². The van der Waals surface area contributed by atoms with Crippen LogP contribution in [-0.2, 0) is 26.1 Å². The van der Waals surface area contributed by atoms with Gasteiger partial charge in [-0.25, -0.2) is 0 Å². The minimum absolute atomic E-state index is 0.187. The molecule has 2 saturated carbocycles. The molecule has 2 aliphatic heterocycles. The quantitative estimate of drug-likeness (QED) is 0.574. The summed E-state index contributed by atoms with van der Waals surface area (Å²) in [6.07, 6.45) is 2.29. The van der Waals surface area contributed by atoms with Crippen molar-refractivity contribution >= 4 is 16.7 Å². The molecule has 2 bridgehead atoms. The van der Waals surface area contributed by atoms with Crippen LogP contribution in [0.2, 0.25) is 0 Å². The normalized spacial score (nSPS) is 47.0. The van der Waals surface area contributed by atoms with E-state index in [1.165, 1.54) is 17.0 Å². The van der Waals surface area contributed by atoms with Crippen LogP contribution in [0.5, 0.6) is 0 Å². The molecule has 0 radical (unpaired) electrons. The number of aromatic amines is 1. The Morgan fingerprint density at radius 1 is 1.12 bits per heavy atom. The Morgan fingerprint density at radius 3 is 2.67 bits per heavy atom. The van der Waals surface area contributed by atoms with E-state index in [2.05, 4.69) is 37.0 Å². The van der Waals surface area contributed by atoms with Crippen LogP contribution in [0.25, 0.3) is 10.9 Å². The van der Waals surface area contributed by atoms with Gasteiger partial charge >= 0.3 is 0 Å². The van der Waals surface area contributed by atoms with Crippen molar-refractivity contribution in [3.05, 3.63) is 47.2 Å². The lowest BCUT2D eigenvalue weighted by atomic mass is 9.41. The van der Waals surface area contributed by atoms with Gasteiger partial charge in [0.1, 0.15) is 11.2 Å². The highest BCUT2D eigenvalue weighted by Crippen LogP contribution is 2.71. The van der Waals surface area contributed by atoms with Crippen LogP contribution in [0.4, 0.5) is 0 Å². The Labute approximate surface area is 193 Å². The predicted octanol–water partition coefficient (Wildman–Crippen LogP) is 3.29. The van der Waals surface area contributed by atoms with Crippen molar-refractivity contribution in [3.63, 3.8) is 0 Å². The molecule has 0 amide bonds. The molecule has 6 nitrogen and oxygen atoms in total. The summed E-state index contributed by atoms with van der Waals surface area (Å²) in [5.74, 6) is -1.17. The molecule has 1 aromatic heterocycles. The first-order chi connectivity index (χ1) is 15.5. The number of ketones is 1. The van der Waals surface area contributed by atoms with E-state index < -0.39 is 40.0 Å². The highest BCUT2D eigenvalue weighted by atomic mass is 16.8. The van der Waals surface area contributed by atoms with Gasteiger partial charge in [-0.3, -0.25) is 4.79 Å². The Kier molecular flexibility index (Phi) is 3.48. The fraction of sp³-hybridized carbons (Fsp3) is 0.593. The zero-order valence-corrected chi connectivity index (χ0v) is 19.6. The van der Waals surface area contributed by atoms with Crippen molar-refractivity contribution in [2.45, 2.75) is 88.0 Å². The van der Waals surface area contributed by atoms with E-state index in [1.54, 1.807) is 0 Å². The molecular formula is C27H31NO5. The molecule has 1 aromatic carbocycles. The van der Waals surface area contributed by atoms with Crippen LogP contribution < -0.4 is 0 Å². The van der Waals surface area contributed by atoms with Gasteiger partial charge in [-0.1, -0.05) is 32.0 Å². The third-order valence-electron chi connectivity index (χ3n) is 10.3. The molecule has 1 spiro atoms. The lowest BCUT2D eigenvalue weighted by Crippen LogP contribution is -2.74. The SMILES string of the molecule is CC1(C)O[C@@]23CC[C@]4(C)[C@@]5(C)c6[nH]c7ccccc7c6C[C@@H]5C[C@H](O)[C@@]4(O)C2=CC(=O)C1O3. The third-order valence-corrected chi connectivity index (χ3v) is 10.3. The summed E-state index contributed by atoms with van der Waals surface area (Å²) in [6.45, 7) is 8.05. The number of carbonyl (C=O) groups is 1. The summed E-state index contributed by atoms with van der Waals surface area (Å²) in [5, 5.41) is 25.4. The van der Waals surface area contributed by atoms with E-state index in [9.17, 15) is 15.0 Å². The number of ether oxygens (including phenoxy) is 2. The molecule has 2 aromatic rings. The van der Waals surface area contributed by atoms with Gasteiger partial charge in [0.2, 0.25) is 0 Å². The maximum Gasteiger partial charge on any atom is 0.195 e. The number of carbonyl (C=O) groups excluding carboxylic acids is 1. The van der Waals surface area contributed by atoms with Crippen LogP contribution in [0, 0.1) is 11.3 Å². The number of rotatable bonds is 0. The lowest BCUT2D eigenvalue weighted by Gasteiger charge is -2.66. The number of aliphatic hydroxyl groups excluding tert-OH is 1. The molecule has 6 heteroatoms. The average Bonchev–Trinajstić information content (AvgIpc) is 3.34. The van der Waals surface area contributed by atoms with E-state index in [4.69, 9.17) is 9.47 Å². The van der Waals surface area contributed by atoms with Gasteiger partial charge < -0.3 is 24.7 Å². The zero-order chi connectivity index (χ0) is 23.2. The van der Waals surface area contributed by atoms with Crippen LogP contribution in [0.1, 0.15) is 58.2 Å². The zero-order valence-electron chi connectivity index (χ0n) is 19.6. The van der Waals surface area contributed by atoms with Crippen LogP contribution in [-0.4, -0.2) is 50.2 Å². The van der Waals surface area contributed by atoms with E-state index in [1.807, 2.05) is 19.9 Å². The largest absolute Gasteiger partial charge is 0.390 e. The average molecular weight is 450 g/mol. The molecule has 5 aliphatic rings. The number of para-hydroxylation sites is 1. The lowest BCUT2D eigenvalue weighted by molar-refractivity contribution is -0.274. The number of hydrogen-bond donors (Lipinski definition) is 3. The summed E-state index contributed by atoms with van der Waals surface area (Å²) in [7, 11) is 0. The second kappa shape index (κ2) is 5.62. The number of nitrogens with one attached hydrogen (secondary N) is 1. The van der Waals surface area contributed by atoms with Crippen molar-refractivity contribution < 1.29 is 24.5 Å². The van der Waals surface area contributed by atoms with Gasteiger partial charge in [-0.2, -0.15) is 0 Å². The first-order valence-electron chi connectivity index (χ1n) is 12.1. The number of fused-ring (bicyclic) bond motifs is 9. The smallest absolute Gasteiger partial charge is 0.195 e. The molecular weight excluding hydrogens is 418 g/mol. The Morgan fingerprint density at radius 2 is 1.88 bits per heavy atom. The monoisotopic (exact) mass is 449 g/mol. The Hall–Kier alpha value is -1.99.